The van der Waals surface area contributed by atoms with Crippen molar-refractivity contribution in [2.24, 2.45) is 5.92 Å². The van der Waals surface area contributed by atoms with E-state index in [1.165, 1.54) is 0 Å². The maximum absolute atomic E-state index is 11.1. The number of aliphatic hydroxyl groups excluding tert-OH is 2. The van der Waals surface area contributed by atoms with Gasteiger partial charge in [-0.15, -0.1) is 11.3 Å². The van der Waals surface area contributed by atoms with Crippen molar-refractivity contribution in [3.05, 3.63) is 64.0 Å². The monoisotopic (exact) mass is 550 g/mol. The van der Waals surface area contributed by atoms with Crippen molar-refractivity contribution in [1.29, 1.82) is 5.26 Å². The van der Waals surface area contributed by atoms with Crippen molar-refractivity contribution >= 4 is 22.8 Å². The molecule has 3 aromatic rings. The van der Waals surface area contributed by atoms with Crippen LogP contribution in [0.5, 0.6) is 5.75 Å². The number of nitrogens with zero attached hydrogens (tertiary/aromatic N) is 3. The van der Waals surface area contributed by atoms with Crippen LogP contribution in [-0.2, 0) is 17.9 Å². The minimum absolute atomic E-state index is 0.0298. The molecule has 0 amide bonds. The van der Waals surface area contributed by atoms with E-state index in [-0.39, 0.29) is 19.1 Å². The van der Waals surface area contributed by atoms with E-state index >= 15 is 0 Å². The van der Waals surface area contributed by atoms with Crippen molar-refractivity contribution in [2.75, 3.05) is 31.7 Å². The number of carbonyl (C=O) groups excluding carboxylic acids is 1. The van der Waals surface area contributed by atoms with Crippen molar-refractivity contribution in [3.63, 3.8) is 0 Å². The fourth-order valence-corrected chi connectivity index (χ4v) is 5.13. The topological polar surface area (TPSA) is 119 Å². The fourth-order valence-electron chi connectivity index (χ4n) is 4.25. The van der Waals surface area contributed by atoms with Crippen LogP contribution in [0, 0.1) is 24.2 Å². The number of aliphatic hydroxyl groups is 2. The number of ether oxygens (including phenoxy) is 1. The predicted octanol–water partition coefficient (Wildman–Crippen LogP) is 4.45. The van der Waals surface area contributed by atoms with Crippen LogP contribution in [0.2, 0.25) is 0 Å². The molecule has 1 aromatic heterocycles. The summed E-state index contributed by atoms with van der Waals surface area (Å²) in [5.41, 5.74) is 4.88. The SMILES string of the molecule is CO.Cc1ccc(OCc2ccc(CNC(C)(C)CO)cc2C#N)c(-c2csc(N3CCC(C=O)CC3)n2)c1. The molecule has 1 aliphatic heterocycles. The van der Waals surface area contributed by atoms with E-state index in [4.69, 9.17) is 14.8 Å². The minimum Gasteiger partial charge on any atom is -0.488 e. The first-order valence-electron chi connectivity index (χ1n) is 13.0. The Kier molecular flexibility index (Phi) is 11.0. The lowest BCUT2D eigenvalue weighted by atomic mass is 9.99. The number of piperidine rings is 1. The number of carbonyl (C=O) groups is 1. The van der Waals surface area contributed by atoms with Crippen molar-refractivity contribution in [1.82, 2.24) is 10.3 Å². The molecule has 3 N–H and O–H groups in total. The Bertz CT molecular complexity index is 1280. The highest BCUT2D eigenvalue weighted by atomic mass is 32.1. The Morgan fingerprint density at radius 2 is 1.97 bits per heavy atom. The molecule has 1 aliphatic rings. The smallest absolute Gasteiger partial charge is 0.185 e. The molecular formula is C30H38N4O4S. The maximum atomic E-state index is 11.1. The molecule has 9 heteroatoms. The molecule has 2 aromatic carbocycles. The summed E-state index contributed by atoms with van der Waals surface area (Å²) >= 11 is 1.61. The summed E-state index contributed by atoms with van der Waals surface area (Å²) in [4.78, 5) is 18.2. The van der Waals surface area contributed by atoms with Gasteiger partial charge < -0.3 is 30.0 Å². The molecule has 8 nitrogen and oxygen atoms in total. The second-order valence-corrected chi connectivity index (χ2v) is 11.1. The average molecular weight is 551 g/mol. The summed E-state index contributed by atoms with van der Waals surface area (Å²) in [6.07, 6.45) is 2.81. The van der Waals surface area contributed by atoms with Crippen LogP contribution in [0.3, 0.4) is 0 Å². The first-order chi connectivity index (χ1) is 18.8. The quantitative estimate of drug-likeness (QED) is 0.317. The van der Waals surface area contributed by atoms with Crippen molar-refractivity contribution in [2.45, 2.75) is 52.3 Å². The van der Waals surface area contributed by atoms with E-state index < -0.39 is 5.54 Å². The number of aromatic nitrogens is 1. The van der Waals surface area contributed by atoms with Gasteiger partial charge >= 0.3 is 0 Å². The number of anilines is 1. The Hall–Kier alpha value is -3.29. The molecule has 0 bridgehead atoms. The lowest BCUT2D eigenvalue weighted by Gasteiger charge is -2.29. The molecule has 2 heterocycles. The van der Waals surface area contributed by atoms with E-state index in [0.717, 1.165) is 78.2 Å². The molecule has 4 rings (SSSR count). The molecule has 208 valence electrons. The number of rotatable bonds is 10. The van der Waals surface area contributed by atoms with Crippen LogP contribution in [0.15, 0.2) is 41.8 Å². The largest absolute Gasteiger partial charge is 0.488 e. The van der Waals surface area contributed by atoms with E-state index in [9.17, 15) is 15.2 Å². The minimum atomic E-state index is -0.391. The zero-order valence-corrected chi connectivity index (χ0v) is 23.9. The van der Waals surface area contributed by atoms with Crippen LogP contribution in [0.4, 0.5) is 5.13 Å². The van der Waals surface area contributed by atoms with E-state index in [1.54, 1.807) is 11.3 Å². The van der Waals surface area contributed by atoms with Gasteiger partial charge in [-0.2, -0.15) is 5.26 Å². The summed E-state index contributed by atoms with van der Waals surface area (Å²) in [6, 6.07) is 14.1. The van der Waals surface area contributed by atoms with Crippen LogP contribution >= 0.6 is 11.3 Å². The third-order valence-electron chi connectivity index (χ3n) is 6.75. The molecule has 0 unspecified atom stereocenters. The molecule has 39 heavy (non-hydrogen) atoms. The standard InChI is InChI=1S/C29H34N4O3S.CH4O/c1-20-4-7-27(25(12-20)26-18-37-28(32-26)33-10-8-21(16-34)9-11-33)36-17-23-6-5-22(13-24(23)14-30)15-31-29(2,3)19-35;1-2/h4-7,12-13,16,18,21,31,35H,8-11,15,17,19H2,1-3H3;2H,1H3. The Labute approximate surface area is 234 Å². The summed E-state index contributed by atoms with van der Waals surface area (Å²) in [5.74, 6) is 0.880. The average Bonchev–Trinajstić information content (AvgIpc) is 3.47. The number of aryl methyl sites for hydroxylation is 1. The van der Waals surface area contributed by atoms with Crippen molar-refractivity contribution < 1.29 is 19.7 Å². The highest BCUT2D eigenvalue weighted by molar-refractivity contribution is 7.14. The Morgan fingerprint density at radius 1 is 1.23 bits per heavy atom. The first kappa shape index (κ1) is 30.3. The van der Waals surface area contributed by atoms with Gasteiger partial charge in [0.25, 0.3) is 0 Å². The van der Waals surface area contributed by atoms with Crippen LogP contribution in [0.25, 0.3) is 11.3 Å². The second kappa shape index (κ2) is 14.2. The van der Waals surface area contributed by atoms with Gasteiger partial charge in [0, 0.05) is 54.7 Å². The molecular weight excluding hydrogens is 512 g/mol. The summed E-state index contributed by atoms with van der Waals surface area (Å²) in [5, 5.41) is 32.5. The Balaban J connectivity index is 0.00000205. The molecule has 0 aliphatic carbocycles. The maximum Gasteiger partial charge on any atom is 0.185 e. The van der Waals surface area contributed by atoms with Gasteiger partial charge in [-0.25, -0.2) is 4.98 Å². The molecule has 1 saturated heterocycles. The van der Waals surface area contributed by atoms with Gasteiger partial charge in [-0.1, -0.05) is 23.8 Å². The first-order valence-corrected chi connectivity index (χ1v) is 13.9. The number of nitrogens with one attached hydrogen (secondary N) is 1. The zero-order chi connectivity index (χ0) is 28.4. The number of aldehydes is 1. The van der Waals surface area contributed by atoms with E-state index in [2.05, 4.69) is 27.7 Å². The van der Waals surface area contributed by atoms with Gasteiger partial charge in [0.2, 0.25) is 0 Å². The molecule has 0 atom stereocenters. The van der Waals surface area contributed by atoms with Crippen LogP contribution in [-0.4, -0.2) is 53.8 Å². The van der Waals surface area contributed by atoms with Gasteiger partial charge in [0.05, 0.1) is 23.9 Å². The third kappa shape index (κ3) is 8.10. The van der Waals surface area contributed by atoms with Crippen LogP contribution in [0.1, 0.15) is 48.9 Å². The Morgan fingerprint density at radius 3 is 2.64 bits per heavy atom. The van der Waals surface area contributed by atoms with Gasteiger partial charge in [-0.05, 0) is 57.4 Å². The molecule has 1 fully saturated rings. The third-order valence-corrected chi connectivity index (χ3v) is 7.65. The number of nitriles is 1. The molecule has 0 saturated carbocycles. The molecule has 0 radical (unpaired) electrons. The lowest BCUT2D eigenvalue weighted by molar-refractivity contribution is -0.111. The lowest BCUT2D eigenvalue weighted by Crippen LogP contribution is -2.42. The second-order valence-electron chi connectivity index (χ2n) is 10.3. The highest BCUT2D eigenvalue weighted by Crippen LogP contribution is 2.35. The highest BCUT2D eigenvalue weighted by Gasteiger charge is 2.22. The summed E-state index contributed by atoms with van der Waals surface area (Å²) in [6.45, 7) is 8.45. The fraction of sp³-hybridized carbons (Fsp3) is 0.433. The zero-order valence-electron chi connectivity index (χ0n) is 23.1. The van der Waals surface area contributed by atoms with Gasteiger partial charge in [-0.3, -0.25) is 0 Å². The summed E-state index contributed by atoms with van der Waals surface area (Å²) < 4.78 is 6.24. The summed E-state index contributed by atoms with van der Waals surface area (Å²) in [7, 11) is 1.00. The predicted molar refractivity (Wildman–Crippen MR) is 155 cm³/mol. The van der Waals surface area contributed by atoms with E-state index in [1.807, 2.05) is 51.1 Å². The van der Waals surface area contributed by atoms with Gasteiger partial charge in [0.1, 0.15) is 18.6 Å². The van der Waals surface area contributed by atoms with E-state index in [0.29, 0.717) is 12.1 Å². The number of thiazole rings is 1. The molecule has 0 spiro atoms. The number of benzene rings is 2. The number of hydrogen-bond acceptors (Lipinski definition) is 9. The normalized spacial score (nSPS) is 13.8. The van der Waals surface area contributed by atoms with Crippen molar-refractivity contribution in [3.8, 4) is 23.1 Å². The van der Waals surface area contributed by atoms with Crippen LogP contribution < -0.4 is 15.0 Å². The number of hydrogen-bond donors (Lipinski definition) is 3. The van der Waals surface area contributed by atoms with Gasteiger partial charge in [0.15, 0.2) is 5.13 Å².